The first-order chi connectivity index (χ1) is 12.3. The zero-order chi connectivity index (χ0) is 18.9. The number of non-ortho nitro benzene ring substituents is 1. The third-order valence-electron chi connectivity index (χ3n) is 3.81. The molecular formula is C16H12FN3O5S. The number of carbonyl (C=O) groups is 1. The van der Waals surface area contributed by atoms with Gasteiger partial charge in [-0.3, -0.25) is 14.9 Å². The SMILES string of the molecule is O=C(N/N=C1\CCS(=O)(=O)c2ccc(F)cc21)c1cccc([N+](=O)[O-])c1. The van der Waals surface area contributed by atoms with E-state index in [1.165, 1.54) is 18.2 Å². The standard InChI is InChI=1S/C16H12FN3O5S/c17-11-4-5-15-13(9-11)14(6-7-26(15,24)25)18-19-16(21)10-2-1-3-12(8-10)20(22)23/h1-5,8-9H,6-7H2,(H,19,21)/b18-14+. The molecule has 1 aliphatic rings. The maximum absolute atomic E-state index is 13.5. The summed E-state index contributed by atoms with van der Waals surface area (Å²) < 4.78 is 37.6. The van der Waals surface area contributed by atoms with Gasteiger partial charge in [-0.05, 0) is 24.3 Å². The molecule has 2 aromatic rings. The number of sulfone groups is 1. The number of amides is 1. The normalized spacial score (nSPS) is 16.7. The van der Waals surface area contributed by atoms with E-state index < -0.39 is 26.5 Å². The number of benzene rings is 2. The van der Waals surface area contributed by atoms with Gasteiger partial charge in [0.2, 0.25) is 0 Å². The van der Waals surface area contributed by atoms with Gasteiger partial charge in [-0.25, -0.2) is 18.2 Å². The molecule has 0 saturated carbocycles. The van der Waals surface area contributed by atoms with Crippen LogP contribution in [0.5, 0.6) is 0 Å². The predicted molar refractivity (Wildman–Crippen MR) is 90.2 cm³/mol. The highest BCUT2D eigenvalue weighted by Gasteiger charge is 2.28. The van der Waals surface area contributed by atoms with E-state index in [1.807, 2.05) is 0 Å². The van der Waals surface area contributed by atoms with Crippen molar-refractivity contribution in [3.63, 3.8) is 0 Å². The molecule has 10 heteroatoms. The molecule has 0 aromatic heterocycles. The quantitative estimate of drug-likeness (QED) is 0.499. The Bertz CT molecular complexity index is 1050. The van der Waals surface area contributed by atoms with Crippen molar-refractivity contribution in [1.29, 1.82) is 0 Å². The molecule has 1 heterocycles. The molecule has 0 radical (unpaired) electrons. The van der Waals surface area contributed by atoms with Gasteiger partial charge in [0, 0.05) is 29.7 Å². The van der Waals surface area contributed by atoms with Crippen LogP contribution >= 0.6 is 0 Å². The molecule has 0 fully saturated rings. The summed E-state index contributed by atoms with van der Waals surface area (Å²) in [7, 11) is -3.53. The van der Waals surface area contributed by atoms with E-state index in [2.05, 4.69) is 10.5 Å². The summed E-state index contributed by atoms with van der Waals surface area (Å²) in [6.07, 6.45) is 0.00794. The molecule has 3 rings (SSSR count). The van der Waals surface area contributed by atoms with Gasteiger partial charge in [0.15, 0.2) is 9.84 Å². The number of nitro benzene ring substituents is 1. The summed E-state index contributed by atoms with van der Waals surface area (Å²) in [6, 6.07) is 8.32. The van der Waals surface area contributed by atoms with E-state index in [0.29, 0.717) is 0 Å². The number of hydrogen-bond donors (Lipinski definition) is 1. The lowest BCUT2D eigenvalue weighted by Crippen LogP contribution is -2.26. The molecule has 8 nitrogen and oxygen atoms in total. The summed E-state index contributed by atoms with van der Waals surface area (Å²) in [5.74, 6) is -1.54. The molecule has 0 atom stereocenters. The topological polar surface area (TPSA) is 119 Å². The summed E-state index contributed by atoms with van der Waals surface area (Å²) in [5.41, 5.74) is 2.31. The fourth-order valence-electron chi connectivity index (χ4n) is 2.53. The van der Waals surface area contributed by atoms with Crippen molar-refractivity contribution in [2.45, 2.75) is 11.3 Å². The number of fused-ring (bicyclic) bond motifs is 1. The Kier molecular flexibility index (Phi) is 4.51. The lowest BCUT2D eigenvalue weighted by atomic mass is 10.1. The minimum atomic E-state index is -3.53. The molecule has 0 unspecified atom stereocenters. The number of hydrogen-bond acceptors (Lipinski definition) is 6. The van der Waals surface area contributed by atoms with Crippen molar-refractivity contribution < 1.29 is 22.5 Å². The Morgan fingerprint density at radius 2 is 2.00 bits per heavy atom. The van der Waals surface area contributed by atoms with Crippen molar-refractivity contribution in [3.05, 3.63) is 69.5 Å². The lowest BCUT2D eigenvalue weighted by Gasteiger charge is -2.18. The van der Waals surface area contributed by atoms with Crippen molar-refractivity contribution in [3.8, 4) is 0 Å². The zero-order valence-electron chi connectivity index (χ0n) is 13.2. The first-order valence-corrected chi connectivity index (χ1v) is 9.07. The Hall–Kier alpha value is -3.14. The second kappa shape index (κ2) is 6.64. The molecule has 0 spiro atoms. The van der Waals surface area contributed by atoms with Gasteiger partial charge in [-0.1, -0.05) is 6.07 Å². The summed E-state index contributed by atoms with van der Waals surface area (Å²) in [4.78, 5) is 22.2. The van der Waals surface area contributed by atoms with Crippen molar-refractivity contribution >= 4 is 27.1 Å². The van der Waals surface area contributed by atoms with Gasteiger partial charge >= 0.3 is 0 Å². The van der Waals surface area contributed by atoms with Crippen molar-refractivity contribution in [1.82, 2.24) is 5.43 Å². The second-order valence-corrected chi connectivity index (χ2v) is 7.59. The molecular weight excluding hydrogens is 365 g/mol. The highest BCUT2D eigenvalue weighted by molar-refractivity contribution is 7.91. The Morgan fingerprint density at radius 3 is 2.73 bits per heavy atom. The van der Waals surface area contributed by atoms with E-state index in [0.717, 1.165) is 24.3 Å². The molecule has 1 N–H and O–H groups in total. The van der Waals surface area contributed by atoms with Crippen LogP contribution in [0.2, 0.25) is 0 Å². The van der Waals surface area contributed by atoms with E-state index in [4.69, 9.17) is 0 Å². The van der Waals surface area contributed by atoms with E-state index in [9.17, 15) is 27.7 Å². The number of nitrogens with zero attached hydrogens (tertiary/aromatic N) is 2. The smallest absolute Gasteiger partial charge is 0.267 e. The van der Waals surface area contributed by atoms with E-state index in [1.54, 1.807) is 0 Å². The number of hydrazone groups is 1. The first kappa shape index (κ1) is 17.7. The van der Waals surface area contributed by atoms with Crippen LogP contribution in [-0.2, 0) is 9.84 Å². The van der Waals surface area contributed by atoms with Crippen LogP contribution in [0.25, 0.3) is 0 Å². The van der Waals surface area contributed by atoms with Crippen LogP contribution in [-0.4, -0.2) is 30.7 Å². The van der Waals surface area contributed by atoms with Crippen LogP contribution in [0.4, 0.5) is 10.1 Å². The third-order valence-corrected chi connectivity index (χ3v) is 5.57. The summed E-state index contributed by atoms with van der Waals surface area (Å²) in [6.45, 7) is 0. The highest BCUT2D eigenvalue weighted by atomic mass is 32.2. The molecule has 1 aliphatic heterocycles. The predicted octanol–water partition coefficient (Wildman–Crippen LogP) is 2.05. The van der Waals surface area contributed by atoms with Crippen LogP contribution < -0.4 is 5.43 Å². The highest BCUT2D eigenvalue weighted by Crippen LogP contribution is 2.26. The number of carbonyl (C=O) groups excluding carboxylic acids is 1. The minimum absolute atomic E-state index is 0.00794. The second-order valence-electron chi connectivity index (χ2n) is 5.52. The number of nitrogens with one attached hydrogen (secondary N) is 1. The van der Waals surface area contributed by atoms with Crippen molar-refractivity contribution in [2.75, 3.05) is 5.75 Å². The van der Waals surface area contributed by atoms with Crippen LogP contribution in [0.15, 0.2) is 52.5 Å². The van der Waals surface area contributed by atoms with Crippen molar-refractivity contribution in [2.24, 2.45) is 5.10 Å². The molecule has 26 heavy (non-hydrogen) atoms. The molecule has 134 valence electrons. The summed E-state index contributed by atoms with van der Waals surface area (Å²) >= 11 is 0. The van der Waals surface area contributed by atoms with Gasteiger partial charge in [0.25, 0.3) is 11.6 Å². The third kappa shape index (κ3) is 3.45. The minimum Gasteiger partial charge on any atom is -0.267 e. The van der Waals surface area contributed by atoms with E-state index in [-0.39, 0.29) is 39.6 Å². The van der Waals surface area contributed by atoms with Gasteiger partial charge in [0.05, 0.1) is 21.3 Å². The maximum atomic E-state index is 13.5. The monoisotopic (exact) mass is 377 g/mol. The van der Waals surface area contributed by atoms with Gasteiger partial charge in [-0.2, -0.15) is 5.10 Å². The molecule has 0 bridgehead atoms. The Labute approximate surface area is 147 Å². The largest absolute Gasteiger partial charge is 0.271 e. The number of nitro groups is 1. The molecule has 1 amide bonds. The van der Waals surface area contributed by atoms with E-state index >= 15 is 0 Å². The average Bonchev–Trinajstić information content (AvgIpc) is 2.60. The average molecular weight is 377 g/mol. The van der Waals surface area contributed by atoms with Gasteiger partial charge in [0.1, 0.15) is 5.82 Å². The molecule has 0 aliphatic carbocycles. The Balaban J connectivity index is 1.90. The van der Waals surface area contributed by atoms with Crippen LogP contribution in [0.3, 0.4) is 0 Å². The summed E-state index contributed by atoms with van der Waals surface area (Å²) in [5, 5.41) is 14.7. The maximum Gasteiger partial charge on any atom is 0.271 e. The van der Waals surface area contributed by atoms with Crippen LogP contribution in [0.1, 0.15) is 22.3 Å². The molecule has 0 saturated heterocycles. The Morgan fingerprint density at radius 1 is 1.23 bits per heavy atom. The molecule has 2 aromatic carbocycles. The number of rotatable bonds is 3. The first-order valence-electron chi connectivity index (χ1n) is 7.42. The van der Waals surface area contributed by atoms with Gasteiger partial charge in [-0.15, -0.1) is 0 Å². The lowest BCUT2D eigenvalue weighted by molar-refractivity contribution is -0.384. The van der Waals surface area contributed by atoms with Crippen LogP contribution in [0, 0.1) is 15.9 Å². The zero-order valence-corrected chi connectivity index (χ0v) is 14.0. The van der Waals surface area contributed by atoms with Gasteiger partial charge < -0.3 is 0 Å². The fourth-order valence-corrected chi connectivity index (χ4v) is 4.00. The number of halogens is 1. The fraction of sp³-hybridized carbons (Fsp3) is 0.125.